The molecule has 7 atom stereocenters. The lowest BCUT2D eigenvalue weighted by Gasteiger charge is -2.53. The number of phenols is 1. The van der Waals surface area contributed by atoms with E-state index in [1.165, 1.54) is 11.1 Å². The summed E-state index contributed by atoms with van der Waals surface area (Å²) in [6.45, 7) is 6.34. The lowest BCUT2D eigenvalue weighted by molar-refractivity contribution is -0.284. The molecule has 294 valence electrons. The minimum Gasteiger partial charge on any atom is -0.508 e. The van der Waals surface area contributed by atoms with Crippen LogP contribution < -0.4 is 0 Å². The largest absolute Gasteiger partial charge is 0.508 e. The number of benzene rings is 1. The molecule has 51 heavy (non-hydrogen) atoms. The first-order chi connectivity index (χ1) is 24.1. The van der Waals surface area contributed by atoms with Gasteiger partial charge >= 0.3 is 18.1 Å². The zero-order valence-electron chi connectivity index (χ0n) is 31.0. The van der Waals surface area contributed by atoms with Gasteiger partial charge in [-0.05, 0) is 117 Å². The second kappa shape index (κ2) is 20.1. The molecule has 3 aliphatic rings. The molecule has 0 bridgehead atoms. The molecule has 2 fully saturated rings. The van der Waals surface area contributed by atoms with Gasteiger partial charge in [-0.1, -0.05) is 78.2 Å². The number of hydrogen-bond donors (Lipinski definition) is 3. The third-order valence-corrected chi connectivity index (χ3v) is 13.7. The molecule has 5 nitrogen and oxygen atoms in total. The van der Waals surface area contributed by atoms with Crippen molar-refractivity contribution in [3.8, 4) is 5.75 Å². The van der Waals surface area contributed by atoms with Gasteiger partial charge in [-0.15, -0.1) is 0 Å². The van der Waals surface area contributed by atoms with Gasteiger partial charge in [0.15, 0.2) is 0 Å². The number of aliphatic hydroxyl groups is 1. The summed E-state index contributed by atoms with van der Waals surface area (Å²) in [6, 6.07) is 5.92. The van der Waals surface area contributed by atoms with Crippen molar-refractivity contribution >= 4 is 16.8 Å². The van der Waals surface area contributed by atoms with Crippen LogP contribution >= 0.6 is 0 Å². The van der Waals surface area contributed by atoms with Crippen LogP contribution in [0.2, 0.25) is 0 Å². The molecule has 2 saturated carbocycles. The summed E-state index contributed by atoms with van der Waals surface area (Å²) in [5.74, 6) is -2.65. The molecule has 0 saturated heterocycles. The lowest BCUT2D eigenvalue weighted by atomic mass is 9.52. The van der Waals surface area contributed by atoms with Crippen molar-refractivity contribution in [1.29, 1.82) is 0 Å². The number of carboxylic acid groups (broad SMARTS) is 1. The Labute approximate surface area is 305 Å². The van der Waals surface area contributed by atoms with E-state index >= 15 is 0 Å². The number of alkyl halides is 5. The van der Waals surface area contributed by atoms with Crippen LogP contribution in [-0.4, -0.2) is 55.2 Å². The Hall–Kier alpha value is -1.75. The van der Waals surface area contributed by atoms with E-state index < -0.39 is 41.7 Å². The van der Waals surface area contributed by atoms with Gasteiger partial charge in [-0.2, -0.15) is 22.0 Å². The maximum absolute atomic E-state index is 13.0. The fraction of sp³-hybridized carbons (Fsp3) is 0.825. The summed E-state index contributed by atoms with van der Waals surface area (Å²) in [4.78, 5) is 10.5. The number of aliphatic hydroxyl groups excluding tert-OH is 1. The Morgan fingerprint density at radius 1 is 0.922 bits per heavy atom. The predicted molar refractivity (Wildman–Crippen MR) is 194 cm³/mol. The molecule has 0 radical (unpaired) electrons. The summed E-state index contributed by atoms with van der Waals surface area (Å²) < 4.78 is 74.5. The summed E-state index contributed by atoms with van der Waals surface area (Å²) in [7, 11) is -1.35. The minimum atomic E-state index is -5.54. The molecule has 0 heterocycles. The number of hydrogen-bond acceptors (Lipinski definition) is 4. The first-order valence-corrected chi connectivity index (χ1v) is 21.1. The summed E-state index contributed by atoms with van der Waals surface area (Å²) in [5, 5.41) is 29.6. The molecule has 1 aromatic carbocycles. The molecule has 0 aliphatic heterocycles. The highest BCUT2D eigenvalue weighted by molar-refractivity contribution is 7.84. The number of unbranched alkanes of at least 4 members (excludes halogenated alkanes) is 6. The number of rotatable bonds is 19. The van der Waals surface area contributed by atoms with Gasteiger partial charge in [0.05, 0.1) is 12.0 Å². The zero-order chi connectivity index (χ0) is 37.8. The summed E-state index contributed by atoms with van der Waals surface area (Å²) in [5.41, 5.74) is 2.73. The van der Waals surface area contributed by atoms with Crippen LogP contribution in [0.15, 0.2) is 18.2 Å². The smallest absolute Gasteiger partial charge is 0.453 e. The average molecular weight is 751 g/mol. The van der Waals surface area contributed by atoms with Crippen molar-refractivity contribution in [2.75, 3.05) is 11.5 Å². The van der Waals surface area contributed by atoms with Crippen LogP contribution in [0, 0.1) is 29.1 Å². The number of fused-ring (bicyclic) bond motifs is 5. The van der Waals surface area contributed by atoms with E-state index in [4.69, 9.17) is 5.11 Å². The molecule has 4 rings (SSSR count). The van der Waals surface area contributed by atoms with E-state index in [0.717, 1.165) is 103 Å². The number of aliphatic carboxylic acids is 1. The topological polar surface area (TPSA) is 94.8 Å². The van der Waals surface area contributed by atoms with Gasteiger partial charge in [-0.25, -0.2) is 0 Å². The van der Waals surface area contributed by atoms with Crippen molar-refractivity contribution in [3.63, 3.8) is 0 Å². The molecule has 3 N–H and O–H groups in total. The van der Waals surface area contributed by atoms with Gasteiger partial charge in [-0.3, -0.25) is 9.00 Å². The normalized spacial score (nSPS) is 26.5. The van der Waals surface area contributed by atoms with Gasteiger partial charge in [0.2, 0.25) is 0 Å². The maximum Gasteiger partial charge on any atom is 0.453 e. The van der Waals surface area contributed by atoms with Crippen LogP contribution in [0.4, 0.5) is 22.0 Å². The first kappa shape index (κ1) is 43.7. The quantitative estimate of drug-likeness (QED) is 0.0967. The fourth-order valence-corrected chi connectivity index (χ4v) is 10.6. The monoisotopic (exact) mass is 750 g/mol. The standard InChI is InChI=1S/C32H47F5O3S.C8H16O2/c1-30-17-15-26-25-12-11-24(38)21-23(25)20-22(29(26)27(30)13-14-28(30)39)10-7-5-3-2-4-6-8-18-41(40)19-9-16-31(33,34)32(35,36)37;1-3-5-7(6-4-2)8(9)10/h11-12,21-22,26-29,38-39H,2-10,13-20H2,1H3;7H,3-6H2,1-2H3,(H,9,10)/t22-,26?,27?,28+,29?,30+,41?;/m1./s1. The zero-order valence-corrected chi connectivity index (χ0v) is 31.8. The first-order valence-electron chi connectivity index (χ1n) is 19.6. The van der Waals surface area contributed by atoms with Crippen molar-refractivity contribution in [1.82, 2.24) is 0 Å². The van der Waals surface area contributed by atoms with Crippen LogP contribution in [0.5, 0.6) is 5.75 Å². The Morgan fingerprint density at radius 2 is 1.53 bits per heavy atom. The lowest BCUT2D eigenvalue weighted by Crippen LogP contribution is -2.47. The van der Waals surface area contributed by atoms with Crippen LogP contribution in [0.25, 0.3) is 0 Å². The number of phenolic OH excluding ortho intramolecular Hbond substituents is 1. The highest BCUT2D eigenvalue weighted by Crippen LogP contribution is 2.62. The van der Waals surface area contributed by atoms with Crippen LogP contribution in [0.1, 0.15) is 153 Å². The second-order valence-electron chi connectivity index (χ2n) is 15.8. The van der Waals surface area contributed by atoms with Crippen molar-refractivity contribution in [2.24, 2.45) is 29.1 Å². The molecule has 1 aromatic rings. The average Bonchev–Trinajstić information content (AvgIpc) is 3.36. The molecule has 0 amide bonds. The van der Waals surface area contributed by atoms with E-state index in [9.17, 15) is 41.2 Å². The number of carboxylic acids is 1. The molecule has 0 spiro atoms. The Balaban J connectivity index is 0.000000612. The molecule has 3 aliphatic carbocycles. The fourth-order valence-electron chi connectivity index (χ4n) is 9.37. The van der Waals surface area contributed by atoms with E-state index in [1.54, 1.807) is 0 Å². The Bertz CT molecular complexity index is 1240. The Morgan fingerprint density at radius 3 is 2.14 bits per heavy atom. The van der Waals surface area contributed by atoms with Crippen molar-refractivity contribution in [2.45, 2.75) is 167 Å². The highest BCUT2D eigenvalue weighted by Gasteiger charge is 2.57. The third-order valence-electron chi connectivity index (χ3n) is 12.2. The van der Waals surface area contributed by atoms with Crippen molar-refractivity contribution < 1.29 is 46.3 Å². The second-order valence-corrected chi connectivity index (χ2v) is 17.5. The van der Waals surface area contributed by atoms with E-state index in [1.807, 2.05) is 26.0 Å². The molecule has 4 unspecified atom stereocenters. The Kier molecular flexibility index (Phi) is 17.2. The minimum absolute atomic E-state index is 0.0195. The van der Waals surface area contributed by atoms with Gasteiger partial charge in [0.1, 0.15) is 5.75 Å². The summed E-state index contributed by atoms with van der Waals surface area (Å²) >= 11 is 0. The molecular formula is C40H63F5O5S. The maximum atomic E-state index is 13.0. The predicted octanol–water partition coefficient (Wildman–Crippen LogP) is 11.0. The number of aromatic hydroxyl groups is 1. The van der Waals surface area contributed by atoms with Crippen molar-refractivity contribution in [3.05, 3.63) is 29.3 Å². The SMILES string of the molecule is CCCC(CCC)C(=O)O.C[C@]12CCC3c4ccc(O)cc4C[C@@H](CCCCCCCCCS(=O)CCCC(F)(F)C(F)(F)F)C3C1CC[C@@H]2O. The molecular weight excluding hydrogens is 687 g/mol. The third kappa shape index (κ3) is 12.1. The van der Waals surface area contributed by atoms with E-state index in [0.29, 0.717) is 41.6 Å². The molecule has 0 aromatic heterocycles. The number of halogens is 5. The highest BCUT2D eigenvalue weighted by atomic mass is 32.2. The van der Waals surface area contributed by atoms with Gasteiger partial charge < -0.3 is 15.3 Å². The van der Waals surface area contributed by atoms with E-state index in [-0.39, 0.29) is 23.2 Å². The van der Waals surface area contributed by atoms with Gasteiger partial charge in [0, 0.05) is 28.7 Å². The van der Waals surface area contributed by atoms with Gasteiger partial charge in [0.25, 0.3) is 0 Å². The summed E-state index contributed by atoms with van der Waals surface area (Å²) in [6.07, 6.45) is 9.56. The molecule has 11 heteroatoms. The van der Waals surface area contributed by atoms with E-state index in [2.05, 4.69) is 13.0 Å². The number of carbonyl (C=O) groups is 1. The van der Waals surface area contributed by atoms with Crippen LogP contribution in [-0.2, 0) is 22.0 Å². The van der Waals surface area contributed by atoms with Crippen LogP contribution in [0.3, 0.4) is 0 Å².